The Hall–Kier alpha value is -1.54. The van der Waals surface area contributed by atoms with Crippen LogP contribution in [0.2, 0.25) is 0 Å². The van der Waals surface area contributed by atoms with Gasteiger partial charge in [0.1, 0.15) is 5.60 Å². The molecule has 152 valence electrons. The van der Waals surface area contributed by atoms with Gasteiger partial charge in [-0.3, -0.25) is 9.80 Å². The molecule has 4 rings (SSSR count). The average Bonchev–Trinajstić information content (AvgIpc) is 2.96. The number of likely N-dealkylation sites (tertiary alicyclic amines) is 1. The summed E-state index contributed by atoms with van der Waals surface area (Å²) in [7, 11) is 0. The third-order valence-electron chi connectivity index (χ3n) is 6.77. The Morgan fingerprint density at radius 3 is 2.44 bits per heavy atom. The zero-order chi connectivity index (χ0) is 19.0. The maximum Gasteiger partial charge on any atom is 0.410 e. The Bertz CT molecular complexity index is 564. The van der Waals surface area contributed by atoms with Crippen LogP contribution in [0.15, 0.2) is 0 Å². The average molecular weight is 381 g/mol. The van der Waals surface area contributed by atoms with Crippen molar-refractivity contribution >= 4 is 12.2 Å². The van der Waals surface area contributed by atoms with Gasteiger partial charge in [-0.05, 0) is 26.2 Å². The van der Waals surface area contributed by atoms with E-state index < -0.39 is 0 Å². The molecule has 3 atom stereocenters. The van der Waals surface area contributed by atoms with E-state index in [0.29, 0.717) is 25.9 Å². The smallest absolute Gasteiger partial charge is 0.410 e. The fourth-order valence-electron chi connectivity index (χ4n) is 5.43. The highest BCUT2D eigenvalue weighted by atomic mass is 16.6. The van der Waals surface area contributed by atoms with E-state index >= 15 is 0 Å². The minimum atomic E-state index is -0.340. The fourth-order valence-corrected chi connectivity index (χ4v) is 5.43. The van der Waals surface area contributed by atoms with Crippen LogP contribution in [0.3, 0.4) is 0 Å². The van der Waals surface area contributed by atoms with E-state index in [9.17, 15) is 9.59 Å². The Morgan fingerprint density at radius 1 is 1.19 bits per heavy atom. The van der Waals surface area contributed by atoms with Crippen LogP contribution in [0.5, 0.6) is 0 Å². The van der Waals surface area contributed by atoms with Gasteiger partial charge in [0.2, 0.25) is 0 Å². The molecule has 0 aliphatic carbocycles. The van der Waals surface area contributed by atoms with Crippen molar-refractivity contribution in [1.82, 2.24) is 15.1 Å². The first-order valence-electron chi connectivity index (χ1n) is 10.3. The lowest BCUT2D eigenvalue weighted by Gasteiger charge is -2.51. The first-order valence-corrected chi connectivity index (χ1v) is 10.3. The number of carbonyl (C=O) groups is 2. The Morgan fingerprint density at radius 2 is 1.85 bits per heavy atom. The van der Waals surface area contributed by atoms with Crippen LogP contribution in [-0.4, -0.2) is 84.7 Å². The lowest BCUT2D eigenvalue weighted by molar-refractivity contribution is -0.0956. The number of ether oxygens (including phenoxy) is 3. The number of nitrogens with zero attached hydrogens (tertiary/aromatic N) is 2. The van der Waals surface area contributed by atoms with E-state index in [0.717, 1.165) is 45.2 Å². The predicted molar refractivity (Wildman–Crippen MR) is 97.5 cm³/mol. The number of alkyl carbamates (subject to hydrolysis) is 1. The van der Waals surface area contributed by atoms with Crippen molar-refractivity contribution in [2.24, 2.45) is 0 Å². The van der Waals surface area contributed by atoms with Crippen molar-refractivity contribution < 1.29 is 23.8 Å². The van der Waals surface area contributed by atoms with Gasteiger partial charge in [0.25, 0.3) is 0 Å². The van der Waals surface area contributed by atoms with Gasteiger partial charge in [-0.2, -0.15) is 0 Å². The van der Waals surface area contributed by atoms with Crippen LogP contribution >= 0.6 is 0 Å². The molecule has 4 aliphatic rings. The van der Waals surface area contributed by atoms with Gasteiger partial charge in [0, 0.05) is 32.0 Å². The van der Waals surface area contributed by atoms with Crippen LogP contribution in [-0.2, 0) is 14.2 Å². The van der Waals surface area contributed by atoms with Gasteiger partial charge >= 0.3 is 12.2 Å². The van der Waals surface area contributed by atoms with Gasteiger partial charge in [-0.1, -0.05) is 6.92 Å². The summed E-state index contributed by atoms with van der Waals surface area (Å²) >= 11 is 0. The minimum Gasteiger partial charge on any atom is -0.450 e. The van der Waals surface area contributed by atoms with E-state index in [1.54, 1.807) is 0 Å². The topological polar surface area (TPSA) is 80.3 Å². The second-order valence-corrected chi connectivity index (χ2v) is 8.17. The number of morpholine rings is 1. The number of carbonyl (C=O) groups excluding carboxylic acids is 2. The zero-order valence-corrected chi connectivity index (χ0v) is 16.3. The quantitative estimate of drug-likeness (QED) is 0.802. The van der Waals surface area contributed by atoms with E-state index in [4.69, 9.17) is 14.2 Å². The van der Waals surface area contributed by atoms with Crippen molar-refractivity contribution in [1.29, 1.82) is 0 Å². The van der Waals surface area contributed by atoms with Crippen LogP contribution in [0, 0.1) is 0 Å². The van der Waals surface area contributed by atoms with Crippen molar-refractivity contribution in [3.05, 3.63) is 0 Å². The number of rotatable bonds is 3. The first-order chi connectivity index (χ1) is 13.1. The summed E-state index contributed by atoms with van der Waals surface area (Å²) in [5.41, 5.74) is -0.340. The van der Waals surface area contributed by atoms with Crippen LogP contribution in [0.4, 0.5) is 9.59 Å². The summed E-state index contributed by atoms with van der Waals surface area (Å²) in [6.07, 6.45) is 3.98. The molecule has 0 aromatic heterocycles. The lowest BCUT2D eigenvalue weighted by atomic mass is 9.81. The summed E-state index contributed by atoms with van der Waals surface area (Å²) in [6.45, 7) is 7.37. The third kappa shape index (κ3) is 3.38. The van der Waals surface area contributed by atoms with Gasteiger partial charge in [-0.15, -0.1) is 0 Å². The molecule has 0 aromatic rings. The summed E-state index contributed by atoms with van der Waals surface area (Å²) in [6, 6.07) is 0.737. The van der Waals surface area contributed by atoms with Gasteiger partial charge in [0.05, 0.1) is 37.9 Å². The molecule has 0 aromatic carbocycles. The standard InChI is InChI=1S/C19H31N3O5/c1-3-16-19(27-17(23)20-16)5-7-21(8-6-19)13-9-14-11-25-12-15(10-13)22(14)18(24)26-4-2/h13-16H,3-12H2,1-2H3,(H,20,23). The Balaban J connectivity index is 1.39. The van der Waals surface area contributed by atoms with E-state index in [1.165, 1.54) is 0 Å². The molecule has 0 saturated carbocycles. The molecule has 4 fully saturated rings. The highest BCUT2D eigenvalue weighted by molar-refractivity contribution is 5.71. The van der Waals surface area contributed by atoms with Gasteiger partial charge in [0.15, 0.2) is 0 Å². The Kier molecular flexibility index (Phi) is 5.20. The predicted octanol–water partition coefficient (Wildman–Crippen LogP) is 1.73. The van der Waals surface area contributed by atoms with Crippen LogP contribution < -0.4 is 5.32 Å². The molecule has 1 N–H and O–H groups in total. The Labute approximate surface area is 160 Å². The first kappa shape index (κ1) is 18.8. The molecule has 4 aliphatic heterocycles. The normalized spacial score (nSPS) is 35.6. The second kappa shape index (κ2) is 7.47. The number of nitrogens with one attached hydrogen (secondary N) is 1. The van der Waals surface area contributed by atoms with Crippen molar-refractivity contribution in [2.75, 3.05) is 32.9 Å². The highest BCUT2D eigenvalue weighted by Gasteiger charge is 2.51. The number of amides is 2. The van der Waals surface area contributed by atoms with E-state index in [-0.39, 0.29) is 35.9 Å². The van der Waals surface area contributed by atoms with Gasteiger partial charge < -0.3 is 19.5 Å². The summed E-state index contributed by atoms with van der Waals surface area (Å²) < 4.78 is 16.7. The molecular formula is C19H31N3O5. The molecule has 0 radical (unpaired) electrons. The zero-order valence-electron chi connectivity index (χ0n) is 16.3. The maximum atomic E-state index is 12.3. The second-order valence-electron chi connectivity index (χ2n) is 8.17. The lowest BCUT2D eigenvalue weighted by Crippen LogP contribution is -2.63. The molecule has 4 heterocycles. The molecule has 2 bridgehead atoms. The molecule has 2 amide bonds. The summed E-state index contributed by atoms with van der Waals surface area (Å²) in [4.78, 5) is 28.5. The van der Waals surface area contributed by atoms with Gasteiger partial charge in [-0.25, -0.2) is 9.59 Å². The molecular weight excluding hydrogens is 350 g/mol. The van der Waals surface area contributed by atoms with Crippen molar-refractivity contribution in [2.45, 2.75) is 75.7 Å². The maximum absolute atomic E-state index is 12.3. The molecule has 27 heavy (non-hydrogen) atoms. The third-order valence-corrected chi connectivity index (χ3v) is 6.77. The van der Waals surface area contributed by atoms with Crippen LogP contribution in [0.1, 0.15) is 46.0 Å². The van der Waals surface area contributed by atoms with E-state index in [2.05, 4.69) is 17.1 Å². The summed E-state index contributed by atoms with van der Waals surface area (Å²) in [5, 5.41) is 2.97. The van der Waals surface area contributed by atoms with Crippen molar-refractivity contribution in [3.8, 4) is 0 Å². The van der Waals surface area contributed by atoms with E-state index in [1.807, 2.05) is 11.8 Å². The SMILES string of the molecule is CCOC(=O)N1C2COCC1CC(N1CCC3(CC1)OC(=O)NC3CC)C2. The summed E-state index contributed by atoms with van der Waals surface area (Å²) in [5.74, 6) is 0. The fraction of sp³-hybridized carbons (Fsp3) is 0.895. The number of piperidine rings is 2. The molecule has 8 nitrogen and oxygen atoms in total. The largest absolute Gasteiger partial charge is 0.450 e. The van der Waals surface area contributed by atoms with Crippen molar-refractivity contribution in [3.63, 3.8) is 0 Å². The monoisotopic (exact) mass is 381 g/mol. The molecule has 4 saturated heterocycles. The molecule has 1 spiro atoms. The number of fused-ring (bicyclic) bond motifs is 2. The number of hydrogen-bond donors (Lipinski definition) is 1. The molecule has 3 unspecified atom stereocenters. The van der Waals surface area contributed by atoms with Crippen LogP contribution in [0.25, 0.3) is 0 Å². The highest BCUT2D eigenvalue weighted by Crippen LogP contribution is 2.38. The minimum absolute atomic E-state index is 0.0896. The number of hydrogen-bond acceptors (Lipinski definition) is 6. The molecule has 8 heteroatoms.